The number of hydrogen-bond acceptors (Lipinski definition) is 0. The van der Waals surface area contributed by atoms with Gasteiger partial charge in [-0.3, -0.25) is 0 Å². The third kappa shape index (κ3) is 4.55. The van der Waals surface area contributed by atoms with Crippen LogP contribution in [0.1, 0.15) is 76.4 Å². The minimum absolute atomic E-state index is 0.0616. The number of aromatic nitrogens is 3. The molecule has 0 amide bonds. The Morgan fingerprint density at radius 2 is 1.55 bits per heavy atom. The summed E-state index contributed by atoms with van der Waals surface area (Å²) < 4.78 is 4.47. The average Bonchev–Trinajstić information content (AvgIpc) is 3.26. The third-order valence-electron chi connectivity index (χ3n) is 6.29. The van der Waals surface area contributed by atoms with Gasteiger partial charge in [0.25, 0.3) is 0 Å². The van der Waals surface area contributed by atoms with Crippen molar-refractivity contribution in [3.8, 4) is 0 Å². The Morgan fingerprint density at radius 1 is 0.862 bits per heavy atom. The Bertz CT molecular complexity index is 970. The first kappa shape index (κ1) is 21.5. The van der Waals surface area contributed by atoms with E-state index < -0.39 is 0 Å². The SMILES string of the molecule is Cn1ccc(C(C)(C)Cc2cc(C(C)(C)Cc3c[nH]cc3C(C)(C)C)n(C)c2)c1. The Kier molecular flexibility index (Phi) is 5.40. The Balaban J connectivity index is 1.85. The van der Waals surface area contributed by atoms with Gasteiger partial charge in [0.1, 0.15) is 0 Å². The minimum Gasteiger partial charge on any atom is -0.367 e. The first-order valence-electron chi connectivity index (χ1n) is 10.7. The van der Waals surface area contributed by atoms with Crippen molar-refractivity contribution in [2.24, 2.45) is 14.1 Å². The van der Waals surface area contributed by atoms with Crippen LogP contribution in [0.25, 0.3) is 0 Å². The number of nitrogens with one attached hydrogen (secondary N) is 1. The van der Waals surface area contributed by atoms with Gasteiger partial charge in [-0.2, -0.15) is 0 Å². The highest BCUT2D eigenvalue weighted by atomic mass is 14.9. The van der Waals surface area contributed by atoms with Gasteiger partial charge >= 0.3 is 0 Å². The van der Waals surface area contributed by atoms with Crippen LogP contribution >= 0.6 is 0 Å². The first-order chi connectivity index (χ1) is 13.3. The molecule has 0 bridgehead atoms. The normalized spacial score (nSPS) is 13.3. The van der Waals surface area contributed by atoms with Crippen molar-refractivity contribution < 1.29 is 0 Å². The molecule has 29 heavy (non-hydrogen) atoms. The molecular weight excluding hydrogens is 354 g/mol. The van der Waals surface area contributed by atoms with Crippen molar-refractivity contribution >= 4 is 0 Å². The van der Waals surface area contributed by atoms with Gasteiger partial charge in [-0.25, -0.2) is 0 Å². The molecule has 0 saturated heterocycles. The molecule has 3 aromatic heterocycles. The van der Waals surface area contributed by atoms with Crippen molar-refractivity contribution in [3.63, 3.8) is 0 Å². The first-order valence-corrected chi connectivity index (χ1v) is 10.7. The molecule has 0 spiro atoms. The molecule has 3 nitrogen and oxygen atoms in total. The van der Waals surface area contributed by atoms with E-state index in [9.17, 15) is 0 Å². The molecule has 0 saturated carbocycles. The molecule has 0 radical (unpaired) electrons. The van der Waals surface area contributed by atoms with E-state index in [1.807, 2.05) is 0 Å². The maximum Gasteiger partial charge on any atom is 0.0234 e. The number of nitrogens with zero attached hydrogens (tertiary/aromatic N) is 2. The molecule has 0 unspecified atom stereocenters. The van der Waals surface area contributed by atoms with Crippen molar-refractivity contribution in [1.29, 1.82) is 0 Å². The average molecular weight is 394 g/mol. The van der Waals surface area contributed by atoms with E-state index >= 15 is 0 Å². The number of hydrogen-bond donors (Lipinski definition) is 1. The van der Waals surface area contributed by atoms with Crippen LogP contribution in [0, 0.1) is 0 Å². The predicted molar refractivity (Wildman–Crippen MR) is 124 cm³/mol. The van der Waals surface area contributed by atoms with E-state index in [0.29, 0.717) is 0 Å². The van der Waals surface area contributed by atoms with Crippen LogP contribution in [0.2, 0.25) is 0 Å². The summed E-state index contributed by atoms with van der Waals surface area (Å²) in [6, 6.07) is 4.67. The lowest BCUT2D eigenvalue weighted by atomic mass is 9.77. The van der Waals surface area contributed by atoms with E-state index in [2.05, 4.69) is 120 Å². The maximum absolute atomic E-state index is 3.34. The van der Waals surface area contributed by atoms with E-state index in [4.69, 9.17) is 0 Å². The molecule has 0 fully saturated rings. The quantitative estimate of drug-likeness (QED) is 0.529. The highest BCUT2D eigenvalue weighted by Gasteiger charge is 2.30. The molecule has 0 aliphatic rings. The highest BCUT2D eigenvalue weighted by Crippen LogP contribution is 2.35. The van der Waals surface area contributed by atoms with Crippen LogP contribution < -0.4 is 0 Å². The lowest BCUT2D eigenvalue weighted by Crippen LogP contribution is -2.25. The Morgan fingerprint density at radius 3 is 2.14 bits per heavy atom. The molecule has 158 valence electrons. The van der Waals surface area contributed by atoms with Gasteiger partial charge in [0.05, 0.1) is 0 Å². The third-order valence-corrected chi connectivity index (χ3v) is 6.29. The second-order valence-electron chi connectivity index (χ2n) is 11.2. The van der Waals surface area contributed by atoms with Crippen LogP contribution in [0.5, 0.6) is 0 Å². The van der Waals surface area contributed by atoms with Crippen molar-refractivity contribution in [2.75, 3.05) is 0 Å². The summed E-state index contributed by atoms with van der Waals surface area (Å²) in [4.78, 5) is 3.34. The van der Waals surface area contributed by atoms with Gasteiger partial charge in [-0.05, 0) is 58.1 Å². The highest BCUT2D eigenvalue weighted by molar-refractivity contribution is 5.35. The van der Waals surface area contributed by atoms with Gasteiger partial charge < -0.3 is 14.1 Å². The summed E-state index contributed by atoms with van der Waals surface area (Å²) in [5, 5.41) is 0. The second kappa shape index (κ2) is 7.27. The zero-order valence-electron chi connectivity index (χ0n) is 19.9. The minimum atomic E-state index is 0.0616. The zero-order valence-corrected chi connectivity index (χ0v) is 19.9. The number of aryl methyl sites for hydroxylation is 2. The number of H-pyrrole nitrogens is 1. The Hall–Kier alpha value is -2.16. The van der Waals surface area contributed by atoms with Gasteiger partial charge in [0.2, 0.25) is 0 Å². The van der Waals surface area contributed by atoms with E-state index in [1.165, 1.54) is 27.9 Å². The van der Waals surface area contributed by atoms with Crippen LogP contribution in [-0.2, 0) is 43.2 Å². The fraction of sp³-hybridized carbons (Fsp3) is 0.538. The molecular formula is C26H39N3. The number of aromatic amines is 1. The summed E-state index contributed by atoms with van der Waals surface area (Å²) >= 11 is 0. The molecule has 3 rings (SSSR count). The van der Waals surface area contributed by atoms with Crippen LogP contribution in [0.3, 0.4) is 0 Å². The predicted octanol–water partition coefficient (Wildman–Crippen LogP) is 6.03. The van der Waals surface area contributed by atoms with Crippen LogP contribution in [0.15, 0.2) is 43.1 Å². The largest absolute Gasteiger partial charge is 0.367 e. The van der Waals surface area contributed by atoms with Crippen molar-refractivity contribution in [3.05, 3.63) is 71.1 Å². The molecule has 0 aliphatic carbocycles. The maximum atomic E-state index is 3.34. The molecule has 1 N–H and O–H groups in total. The summed E-state index contributed by atoms with van der Waals surface area (Å²) in [7, 11) is 4.29. The smallest absolute Gasteiger partial charge is 0.0234 e. The molecule has 3 heterocycles. The standard InChI is InChI=1S/C26H39N3/c1-24(2,3)22-16-27-15-20(22)14-26(6,7)23-12-19(17-29(23)9)13-25(4,5)21-10-11-28(8)18-21/h10-12,15-18,27H,13-14H2,1-9H3. The summed E-state index contributed by atoms with van der Waals surface area (Å²) in [5.41, 5.74) is 7.39. The molecule has 3 heteroatoms. The van der Waals surface area contributed by atoms with E-state index in [-0.39, 0.29) is 16.2 Å². The van der Waals surface area contributed by atoms with Gasteiger partial charge in [-0.15, -0.1) is 0 Å². The van der Waals surface area contributed by atoms with Crippen LogP contribution in [0.4, 0.5) is 0 Å². The van der Waals surface area contributed by atoms with Crippen LogP contribution in [-0.4, -0.2) is 14.1 Å². The van der Waals surface area contributed by atoms with Gasteiger partial charge in [-0.1, -0.05) is 48.5 Å². The fourth-order valence-electron chi connectivity index (χ4n) is 4.73. The summed E-state index contributed by atoms with van der Waals surface area (Å²) in [5.74, 6) is 0. The summed E-state index contributed by atoms with van der Waals surface area (Å²) in [6.07, 6.45) is 13.1. The van der Waals surface area contributed by atoms with E-state index in [0.717, 1.165) is 12.8 Å². The van der Waals surface area contributed by atoms with E-state index in [1.54, 1.807) is 0 Å². The lowest BCUT2D eigenvalue weighted by Gasteiger charge is -2.28. The molecule has 0 atom stereocenters. The van der Waals surface area contributed by atoms with Gasteiger partial charge in [0, 0.05) is 56.2 Å². The number of rotatable bonds is 6. The second-order valence-corrected chi connectivity index (χ2v) is 11.2. The molecule has 3 aromatic rings. The molecule has 0 aromatic carbocycles. The van der Waals surface area contributed by atoms with Gasteiger partial charge in [0.15, 0.2) is 0 Å². The van der Waals surface area contributed by atoms with Crippen molar-refractivity contribution in [2.45, 2.75) is 77.6 Å². The topological polar surface area (TPSA) is 25.6 Å². The molecule has 0 aliphatic heterocycles. The fourth-order valence-corrected chi connectivity index (χ4v) is 4.73. The zero-order chi connectivity index (χ0) is 21.6. The summed E-state index contributed by atoms with van der Waals surface area (Å²) in [6.45, 7) is 16.3. The van der Waals surface area contributed by atoms with Crippen molar-refractivity contribution in [1.82, 2.24) is 14.1 Å². The monoisotopic (exact) mass is 393 g/mol. The lowest BCUT2D eigenvalue weighted by molar-refractivity contribution is 0.478. The Labute approximate surface area is 177 Å².